The summed E-state index contributed by atoms with van der Waals surface area (Å²) in [5.74, 6) is 0. The molecule has 0 saturated carbocycles. The highest BCUT2D eigenvalue weighted by Crippen LogP contribution is 2.23. The number of benzene rings is 1. The molecule has 0 saturated heterocycles. The normalized spacial score (nSPS) is 13.6. The Balaban J connectivity index is 1.91. The molecule has 1 heterocycles. The maximum atomic E-state index is 12.5. The van der Waals surface area contributed by atoms with Crippen LogP contribution in [0.4, 0.5) is 10.5 Å². The van der Waals surface area contributed by atoms with Gasteiger partial charge in [0.25, 0.3) is 0 Å². The van der Waals surface area contributed by atoms with E-state index < -0.39 is 16.6 Å². The first-order chi connectivity index (χ1) is 14.0. The van der Waals surface area contributed by atoms with E-state index >= 15 is 0 Å². The number of fused-ring (bicyclic) bond motifs is 1. The van der Waals surface area contributed by atoms with Gasteiger partial charge in [-0.05, 0) is 58.2 Å². The van der Waals surface area contributed by atoms with E-state index in [2.05, 4.69) is 41.4 Å². The van der Waals surface area contributed by atoms with Crippen LogP contribution in [0.3, 0.4) is 0 Å². The number of anilines is 1. The van der Waals surface area contributed by atoms with Crippen molar-refractivity contribution in [1.29, 1.82) is 0 Å². The summed E-state index contributed by atoms with van der Waals surface area (Å²) in [5.41, 5.74) is 3.83. The van der Waals surface area contributed by atoms with Crippen molar-refractivity contribution in [2.75, 3.05) is 18.4 Å². The van der Waals surface area contributed by atoms with Crippen molar-refractivity contribution in [3.05, 3.63) is 60.9 Å². The smallest absolute Gasteiger partial charge is 0.411 e. The van der Waals surface area contributed by atoms with E-state index in [-0.39, 0.29) is 0 Å². The number of nitrogens with zero attached hydrogens (tertiary/aromatic N) is 2. The number of aromatic nitrogens is 1. The van der Waals surface area contributed by atoms with E-state index in [4.69, 9.17) is 4.74 Å². The van der Waals surface area contributed by atoms with Crippen LogP contribution in [0.15, 0.2) is 60.9 Å². The number of allylic oxidation sites excluding steroid dienone is 1. The fourth-order valence-electron chi connectivity index (χ4n) is 2.58. The maximum Gasteiger partial charge on any atom is 0.411 e. The van der Waals surface area contributed by atoms with Crippen LogP contribution in [0.5, 0.6) is 0 Å². The molecule has 6 nitrogen and oxygen atoms in total. The Morgan fingerprint density at radius 3 is 2.77 bits per heavy atom. The van der Waals surface area contributed by atoms with Crippen LogP contribution in [0.2, 0.25) is 0 Å². The van der Waals surface area contributed by atoms with Gasteiger partial charge in [0.1, 0.15) is 10.5 Å². The second kappa shape index (κ2) is 10.0. The van der Waals surface area contributed by atoms with E-state index in [1.807, 2.05) is 57.5 Å². The molecule has 1 atom stereocenters. The third kappa shape index (κ3) is 7.11. The molecule has 0 bridgehead atoms. The predicted octanol–water partition coefficient (Wildman–Crippen LogP) is 5.39. The van der Waals surface area contributed by atoms with Crippen LogP contribution < -0.4 is 10.6 Å². The highest BCUT2D eigenvalue weighted by atomic mass is 32.1. The SMILES string of the molecule is C=CCN(C(=O)OC(C)(C)C)C(C)(S)CN/C=C/C(=C)Nc1ccc2scnc2c1. The third-order valence-corrected chi connectivity index (χ3v) is 5.19. The molecular formula is C22H30N4O2S2. The van der Waals surface area contributed by atoms with Gasteiger partial charge >= 0.3 is 6.09 Å². The van der Waals surface area contributed by atoms with Crippen LogP contribution in [0.25, 0.3) is 10.2 Å². The van der Waals surface area contributed by atoms with Gasteiger partial charge in [-0.25, -0.2) is 9.78 Å². The molecule has 0 radical (unpaired) electrons. The maximum absolute atomic E-state index is 12.5. The molecular weight excluding hydrogens is 416 g/mol. The van der Waals surface area contributed by atoms with E-state index in [9.17, 15) is 4.79 Å². The Morgan fingerprint density at radius 1 is 1.37 bits per heavy atom. The van der Waals surface area contributed by atoms with E-state index in [1.165, 1.54) is 4.90 Å². The molecule has 1 unspecified atom stereocenters. The minimum absolute atomic E-state index is 0.327. The lowest BCUT2D eigenvalue weighted by Gasteiger charge is -2.37. The topological polar surface area (TPSA) is 66.5 Å². The summed E-state index contributed by atoms with van der Waals surface area (Å²) >= 11 is 6.28. The Morgan fingerprint density at radius 2 is 2.10 bits per heavy atom. The molecule has 1 aromatic heterocycles. The summed E-state index contributed by atoms with van der Waals surface area (Å²) in [6, 6.07) is 6.00. The molecule has 162 valence electrons. The number of ether oxygens (including phenoxy) is 1. The summed E-state index contributed by atoms with van der Waals surface area (Å²) in [6.45, 7) is 15.8. The zero-order chi connectivity index (χ0) is 22.4. The Hall–Kier alpha value is -2.45. The molecule has 0 aliphatic rings. The molecule has 2 N–H and O–H groups in total. The molecule has 2 rings (SSSR count). The molecule has 0 spiro atoms. The first-order valence-corrected chi connectivity index (χ1v) is 10.9. The number of carbonyl (C=O) groups is 1. The van der Waals surface area contributed by atoms with Crippen molar-refractivity contribution in [1.82, 2.24) is 15.2 Å². The predicted molar refractivity (Wildman–Crippen MR) is 130 cm³/mol. The molecule has 0 fully saturated rings. The number of rotatable bonds is 9. The molecule has 30 heavy (non-hydrogen) atoms. The van der Waals surface area contributed by atoms with Crippen LogP contribution in [0.1, 0.15) is 27.7 Å². The van der Waals surface area contributed by atoms with Gasteiger partial charge in [-0.3, -0.25) is 4.90 Å². The third-order valence-electron chi connectivity index (χ3n) is 3.98. The Labute approximate surface area is 188 Å². The summed E-state index contributed by atoms with van der Waals surface area (Å²) in [5, 5.41) is 6.41. The number of nitrogens with one attached hydrogen (secondary N) is 2. The number of hydrogen-bond acceptors (Lipinski definition) is 7. The number of hydrogen-bond donors (Lipinski definition) is 3. The van der Waals surface area contributed by atoms with E-state index in [0.717, 1.165) is 15.9 Å². The minimum Gasteiger partial charge on any atom is -0.444 e. The molecule has 1 amide bonds. The second-order valence-electron chi connectivity index (χ2n) is 8.00. The summed E-state index contributed by atoms with van der Waals surface area (Å²) < 4.78 is 6.63. The molecule has 8 heteroatoms. The molecule has 1 aromatic carbocycles. The van der Waals surface area contributed by atoms with Gasteiger partial charge in [0.15, 0.2) is 0 Å². The quantitative estimate of drug-likeness (QED) is 0.208. The zero-order valence-corrected chi connectivity index (χ0v) is 19.6. The van der Waals surface area contributed by atoms with Crippen molar-refractivity contribution in [3.63, 3.8) is 0 Å². The van der Waals surface area contributed by atoms with Gasteiger partial charge in [-0.1, -0.05) is 12.7 Å². The van der Waals surface area contributed by atoms with E-state index in [1.54, 1.807) is 23.6 Å². The van der Waals surface area contributed by atoms with Gasteiger partial charge in [0.05, 0.1) is 15.7 Å². The number of thiol groups is 1. The van der Waals surface area contributed by atoms with Crippen LogP contribution >= 0.6 is 24.0 Å². The van der Waals surface area contributed by atoms with Crippen molar-refractivity contribution in [2.45, 2.75) is 38.2 Å². The van der Waals surface area contributed by atoms with Crippen molar-refractivity contribution < 1.29 is 9.53 Å². The number of thiazole rings is 1. The lowest BCUT2D eigenvalue weighted by Crippen LogP contribution is -2.52. The van der Waals surface area contributed by atoms with Crippen molar-refractivity contribution in [3.8, 4) is 0 Å². The molecule has 2 aromatic rings. The Kier molecular flexibility index (Phi) is 7.97. The van der Waals surface area contributed by atoms with Gasteiger partial charge in [-0.15, -0.1) is 30.5 Å². The van der Waals surface area contributed by atoms with Crippen molar-refractivity contribution >= 4 is 46.0 Å². The van der Waals surface area contributed by atoms with Gasteiger partial charge in [0.2, 0.25) is 0 Å². The van der Waals surface area contributed by atoms with Crippen molar-refractivity contribution in [2.24, 2.45) is 0 Å². The lowest BCUT2D eigenvalue weighted by molar-refractivity contribution is 0.0172. The zero-order valence-electron chi connectivity index (χ0n) is 17.9. The van der Waals surface area contributed by atoms with Gasteiger partial charge in [0, 0.05) is 24.5 Å². The summed E-state index contributed by atoms with van der Waals surface area (Å²) in [6.07, 6.45) is 4.81. The Bertz CT molecular complexity index is 929. The average molecular weight is 447 g/mol. The minimum atomic E-state index is -0.786. The molecule has 0 aliphatic heterocycles. The second-order valence-corrected chi connectivity index (χ2v) is 9.85. The number of amides is 1. The largest absolute Gasteiger partial charge is 0.444 e. The molecule has 0 aliphatic carbocycles. The fourth-order valence-corrected chi connectivity index (χ4v) is 3.50. The highest BCUT2D eigenvalue weighted by molar-refractivity contribution is 7.81. The average Bonchev–Trinajstić information content (AvgIpc) is 3.09. The van der Waals surface area contributed by atoms with E-state index in [0.29, 0.717) is 18.8 Å². The standard InChI is InChI=1S/C22H30N4O2S2/c1-7-12-26(20(27)28-21(3,4)5)22(6,29)14-23-11-10-16(2)25-17-8-9-19-18(13-17)24-15-30-19/h7-11,13,15,23,25,29H,1-2,12,14H2,3-6H3/b11-10+. The monoisotopic (exact) mass is 446 g/mol. The van der Waals surface area contributed by atoms with Gasteiger partial charge in [-0.2, -0.15) is 0 Å². The fraction of sp³-hybridized carbons (Fsp3) is 0.364. The number of carbonyl (C=O) groups excluding carboxylic acids is 1. The van der Waals surface area contributed by atoms with Crippen LogP contribution in [-0.2, 0) is 4.74 Å². The van der Waals surface area contributed by atoms with Crippen LogP contribution in [-0.4, -0.2) is 39.5 Å². The lowest BCUT2D eigenvalue weighted by atomic mass is 10.2. The van der Waals surface area contributed by atoms with Crippen LogP contribution in [0, 0.1) is 0 Å². The first kappa shape index (κ1) is 23.8. The highest BCUT2D eigenvalue weighted by Gasteiger charge is 2.33. The van der Waals surface area contributed by atoms with Gasteiger partial charge < -0.3 is 15.4 Å². The first-order valence-electron chi connectivity index (χ1n) is 9.55. The summed E-state index contributed by atoms with van der Waals surface area (Å²) in [4.78, 5) is 17.6. The summed E-state index contributed by atoms with van der Waals surface area (Å²) in [7, 11) is 0.